The van der Waals surface area contributed by atoms with E-state index in [9.17, 15) is 9.18 Å². The summed E-state index contributed by atoms with van der Waals surface area (Å²) >= 11 is 0. The predicted molar refractivity (Wildman–Crippen MR) is 115 cm³/mol. The fourth-order valence-electron chi connectivity index (χ4n) is 3.44. The standard InChI is InChI=1S/C21H29FN6O2/c1-3-26(10-11-27(24-2)14-16-6-8-25-9-7-16)20-5-4-17(12-19(20)22)28-15-18(13-23)30-21(28)29/h4-9,12,18,24H,3,10-11,13-15,23H2,1-2H3/t18-/m0/s1. The monoisotopic (exact) mass is 416 g/mol. The zero-order chi connectivity index (χ0) is 21.5. The molecule has 1 atom stereocenters. The molecule has 1 fully saturated rings. The number of aromatic nitrogens is 1. The second-order valence-corrected chi connectivity index (χ2v) is 7.07. The Morgan fingerprint density at radius 3 is 2.67 bits per heavy atom. The number of pyridine rings is 1. The number of ether oxygens (including phenoxy) is 1. The van der Waals surface area contributed by atoms with Crippen molar-refractivity contribution in [1.82, 2.24) is 15.4 Å². The Bertz CT molecular complexity index is 838. The Kier molecular flexibility index (Phi) is 7.56. The van der Waals surface area contributed by atoms with Gasteiger partial charge in [0.1, 0.15) is 11.9 Å². The van der Waals surface area contributed by atoms with Crippen LogP contribution < -0.4 is 21.0 Å². The minimum atomic E-state index is -0.495. The van der Waals surface area contributed by atoms with Crippen molar-refractivity contribution in [3.05, 3.63) is 54.1 Å². The number of amides is 1. The van der Waals surface area contributed by atoms with Crippen molar-refractivity contribution < 1.29 is 13.9 Å². The molecule has 1 aromatic heterocycles. The van der Waals surface area contributed by atoms with Crippen molar-refractivity contribution in [2.24, 2.45) is 5.73 Å². The molecule has 1 aliphatic rings. The van der Waals surface area contributed by atoms with Crippen molar-refractivity contribution in [2.45, 2.75) is 19.6 Å². The fourth-order valence-corrected chi connectivity index (χ4v) is 3.44. The van der Waals surface area contributed by atoms with Crippen LogP contribution in [0.25, 0.3) is 0 Å². The molecule has 1 aromatic carbocycles. The lowest BCUT2D eigenvalue weighted by Gasteiger charge is -2.28. The molecule has 2 aromatic rings. The molecule has 162 valence electrons. The third-order valence-electron chi connectivity index (χ3n) is 5.18. The van der Waals surface area contributed by atoms with Gasteiger partial charge in [-0.2, -0.15) is 0 Å². The first-order valence-electron chi connectivity index (χ1n) is 10.1. The summed E-state index contributed by atoms with van der Waals surface area (Å²) < 4.78 is 20.1. The van der Waals surface area contributed by atoms with Crippen LogP contribution in [-0.4, -0.2) is 62.0 Å². The Balaban J connectivity index is 1.65. The average Bonchev–Trinajstić information content (AvgIpc) is 3.15. The lowest BCUT2D eigenvalue weighted by molar-refractivity contribution is 0.145. The van der Waals surface area contributed by atoms with Crippen LogP contribution in [0.3, 0.4) is 0 Å². The van der Waals surface area contributed by atoms with Crippen LogP contribution in [0.1, 0.15) is 12.5 Å². The minimum absolute atomic E-state index is 0.244. The number of nitrogens with one attached hydrogen (secondary N) is 1. The normalized spacial score (nSPS) is 16.2. The molecule has 0 unspecified atom stereocenters. The van der Waals surface area contributed by atoms with Crippen LogP contribution in [0.5, 0.6) is 0 Å². The van der Waals surface area contributed by atoms with Crippen LogP contribution in [0.15, 0.2) is 42.7 Å². The van der Waals surface area contributed by atoms with Gasteiger partial charge in [-0.25, -0.2) is 14.2 Å². The van der Waals surface area contributed by atoms with Crippen molar-refractivity contribution in [1.29, 1.82) is 0 Å². The first-order chi connectivity index (χ1) is 14.5. The van der Waals surface area contributed by atoms with Gasteiger partial charge in [0.05, 0.1) is 17.9 Å². The number of rotatable bonds is 10. The Morgan fingerprint density at radius 2 is 2.07 bits per heavy atom. The van der Waals surface area contributed by atoms with Crippen LogP contribution in [0.2, 0.25) is 0 Å². The van der Waals surface area contributed by atoms with Gasteiger partial charge >= 0.3 is 6.09 Å². The summed E-state index contributed by atoms with van der Waals surface area (Å²) in [6.07, 6.45) is 2.68. The molecule has 2 heterocycles. The van der Waals surface area contributed by atoms with Gasteiger partial charge in [0, 0.05) is 45.1 Å². The summed E-state index contributed by atoms with van der Waals surface area (Å²) in [7, 11) is 1.87. The van der Waals surface area contributed by atoms with E-state index in [0.29, 0.717) is 37.6 Å². The molecule has 3 rings (SSSR count). The van der Waals surface area contributed by atoms with Gasteiger partial charge in [-0.1, -0.05) is 0 Å². The molecule has 8 nitrogen and oxygen atoms in total. The Labute approximate surface area is 176 Å². The maximum Gasteiger partial charge on any atom is 0.414 e. The highest BCUT2D eigenvalue weighted by molar-refractivity contribution is 5.90. The number of hydrogen-bond acceptors (Lipinski definition) is 7. The summed E-state index contributed by atoms with van der Waals surface area (Å²) in [5, 5.41) is 2.07. The molecule has 30 heavy (non-hydrogen) atoms. The number of hydrazine groups is 1. The number of nitrogens with two attached hydrogens (primary N) is 1. The molecular formula is C21H29FN6O2. The van der Waals surface area contributed by atoms with Gasteiger partial charge in [-0.05, 0) is 49.9 Å². The van der Waals surface area contributed by atoms with E-state index >= 15 is 0 Å². The molecule has 0 spiro atoms. The number of benzene rings is 1. The molecule has 0 aliphatic carbocycles. The highest BCUT2D eigenvalue weighted by atomic mass is 19.1. The molecule has 1 saturated heterocycles. The van der Waals surface area contributed by atoms with Crippen molar-refractivity contribution in [3.63, 3.8) is 0 Å². The topological polar surface area (TPSA) is 87.0 Å². The summed E-state index contributed by atoms with van der Waals surface area (Å²) in [5.41, 5.74) is 10.9. The smallest absolute Gasteiger partial charge is 0.414 e. The molecule has 3 N–H and O–H groups in total. The van der Waals surface area contributed by atoms with E-state index in [1.54, 1.807) is 24.5 Å². The average molecular weight is 417 g/mol. The maximum absolute atomic E-state index is 14.9. The second kappa shape index (κ2) is 10.3. The quantitative estimate of drug-likeness (QED) is 0.573. The summed E-state index contributed by atoms with van der Waals surface area (Å²) in [5.74, 6) is -0.372. The zero-order valence-electron chi connectivity index (χ0n) is 17.4. The SMILES string of the molecule is CCN(CCN(Cc1ccncc1)NC)c1ccc(N2C[C@H](CN)OC2=O)cc1F. The second-order valence-electron chi connectivity index (χ2n) is 7.07. The zero-order valence-corrected chi connectivity index (χ0v) is 17.4. The van der Waals surface area contributed by atoms with Crippen molar-refractivity contribution in [3.8, 4) is 0 Å². The lowest BCUT2D eigenvalue weighted by atomic mass is 10.2. The van der Waals surface area contributed by atoms with Gasteiger partial charge in [-0.3, -0.25) is 15.3 Å². The molecule has 0 saturated carbocycles. The number of hydrogen-bond donors (Lipinski definition) is 2. The summed E-state index contributed by atoms with van der Waals surface area (Å²) in [6.45, 7) is 5.28. The highest BCUT2D eigenvalue weighted by Crippen LogP contribution is 2.27. The number of carbonyl (C=O) groups excluding carboxylic acids is 1. The summed E-state index contributed by atoms with van der Waals surface area (Å²) in [6, 6.07) is 8.78. The van der Waals surface area contributed by atoms with Gasteiger partial charge < -0.3 is 15.4 Å². The molecule has 1 aliphatic heterocycles. The van der Waals surface area contributed by atoms with E-state index in [0.717, 1.165) is 12.1 Å². The largest absolute Gasteiger partial charge is 0.443 e. The van der Waals surface area contributed by atoms with Crippen LogP contribution >= 0.6 is 0 Å². The fraction of sp³-hybridized carbons (Fsp3) is 0.429. The van der Waals surface area contributed by atoms with Gasteiger partial charge in [0.25, 0.3) is 0 Å². The first-order valence-corrected chi connectivity index (χ1v) is 10.1. The lowest BCUT2D eigenvalue weighted by Crippen LogP contribution is -2.41. The molecular weight excluding hydrogens is 387 g/mol. The number of carbonyl (C=O) groups is 1. The molecule has 9 heteroatoms. The van der Waals surface area contributed by atoms with Crippen molar-refractivity contribution >= 4 is 17.5 Å². The number of anilines is 2. The van der Waals surface area contributed by atoms with E-state index < -0.39 is 6.09 Å². The minimum Gasteiger partial charge on any atom is -0.443 e. The Morgan fingerprint density at radius 1 is 1.30 bits per heavy atom. The first kappa shape index (κ1) is 21.9. The Hall–Kier alpha value is -2.75. The number of cyclic esters (lactones) is 1. The summed E-state index contributed by atoms with van der Waals surface area (Å²) in [4.78, 5) is 19.4. The van der Waals surface area contributed by atoms with Crippen molar-refractivity contribution in [2.75, 3.05) is 49.6 Å². The number of likely N-dealkylation sites (N-methyl/N-ethyl adjacent to an activating group) is 1. The van der Waals surface area contributed by atoms with Gasteiger partial charge in [-0.15, -0.1) is 0 Å². The third-order valence-corrected chi connectivity index (χ3v) is 5.18. The van der Waals surface area contributed by atoms with Crippen LogP contribution in [0.4, 0.5) is 20.6 Å². The van der Waals surface area contributed by atoms with Gasteiger partial charge in [0.15, 0.2) is 0 Å². The predicted octanol–water partition coefficient (Wildman–Crippen LogP) is 1.97. The highest BCUT2D eigenvalue weighted by Gasteiger charge is 2.31. The van der Waals surface area contributed by atoms with Crippen LogP contribution in [0, 0.1) is 5.82 Å². The third kappa shape index (κ3) is 5.24. The van der Waals surface area contributed by atoms with E-state index in [4.69, 9.17) is 10.5 Å². The molecule has 1 amide bonds. The maximum atomic E-state index is 14.9. The number of halogens is 1. The van der Waals surface area contributed by atoms with Gasteiger partial charge in [0.2, 0.25) is 0 Å². The number of nitrogens with zero attached hydrogens (tertiary/aromatic N) is 4. The van der Waals surface area contributed by atoms with E-state index in [1.807, 2.05) is 31.0 Å². The van der Waals surface area contributed by atoms with Crippen LogP contribution in [-0.2, 0) is 11.3 Å². The van der Waals surface area contributed by atoms with E-state index in [2.05, 4.69) is 15.4 Å². The van der Waals surface area contributed by atoms with E-state index in [-0.39, 0.29) is 18.5 Å². The van der Waals surface area contributed by atoms with E-state index in [1.165, 1.54) is 11.0 Å². The molecule has 0 radical (unpaired) electrons. The molecule has 0 bridgehead atoms.